The molecule has 13 heavy (non-hydrogen) atoms. The molecular formula is C7H10FN3O2. The fourth-order valence-corrected chi connectivity index (χ4v) is 0.980. The number of aromatic nitrogens is 3. The number of hydrogen-bond acceptors (Lipinski definition) is 3. The van der Waals surface area contributed by atoms with Gasteiger partial charge in [0.05, 0.1) is 12.4 Å². The Morgan fingerprint density at radius 2 is 2.38 bits per heavy atom. The zero-order valence-corrected chi connectivity index (χ0v) is 7.20. The smallest absolute Gasteiger partial charge is 0.358 e. The van der Waals surface area contributed by atoms with Crippen molar-refractivity contribution in [1.29, 1.82) is 0 Å². The van der Waals surface area contributed by atoms with E-state index in [0.717, 1.165) is 0 Å². The van der Waals surface area contributed by atoms with Gasteiger partial charge in [-0.15, -0.1) is 5.10 Å². The second-order valence-corrected chi connectivity index (χ2v) is 2.59. The average Bonchev–Trinajstić information content (AvgIpc) is 2.43. The maximum absolute atomic E-state index is 11.8. The third-order valence-corrected chi connectivity index (χ3v) is 1.69. The molecule has 5 nitrogen and oxygen atoms in total. The number of hydrogen-bond donors (Lipinski definition) is 1. The number of aromatic carboxylic acids is 1. The molecule has 6 heteroatoms. The van der Waals surface area contributed by atoms with Crippen LogP contribution in [0, 0.1) is 6.92 Å². The molecule has 0 aliphatic heterocycles. The van der Waals surface area contributed by atoms with Gasteiger partial charge < -0.3 is 5.11 Å². The standard InChI is InChI=1S/C7H10FN3O2/c1-5-6(7(12)13)9-10-11(5)4-2-3-8/h2-4H2,1H3,(H,12,13). The fraction of sp³-hybridized carbons (Fsp3) is 0.571. The van der Waals surface area contributed by atoms with Crippen LogP contribution < -0.4 is 0 Å². The second-order valence-electron chi connectivity index (χ2n) is 2.59. The lowest BCUT2D eigenvalue weighted by Crippen LogP contribution is -2.05. The Balaban J connectivity index is 2.80. The summed E-state index contributed by atoms with van der Waals surface area (Å²) in [5, 5.41) is 15.7. The third-order valence-electron chi connectivity index (χ3n) is 1.69. The van der Waals surface area contributed by atoms with Crippen LogP contribution in [0.25, 0.3) is 0 Å². The molecule has 0 radical (unpaired) electrons. The van der Waals surface area contributed by atoms with Crippen LogP contribution in [0.3, 0.4) is 0 Å². The Morgan fingerprint density at radius 1 is 1.69 bits per heavy atom. The molecule has 0 saturated heterocycles. The minimum atomic E-state index is -1.11. The summed E-state index contributed by atoms with van der Waals surface area (Å²) in [6.45, 7) is 1.52. The van der Waals surface area contributed by atoms with Crippen LogP contribution in [-0.2, 0) is 6.54 Å². The lowest BCUT2D eigenvalue weighted by atomic mass is 10.3. The number of halogens is 1. The molecule has 0 bridgehead atoms. The molecule has 1 rings (SSSR count). The third kappa shape index (κ3) is 2.01. The van der Waals surface area contributed by atoms with Gasteiger partial charge in [0.25, 0.3) is 0 Å². The second kappa shape index (κ2) is 3.97. The first-order valence-corrected chi connectivity index (χ1v) is 3.86. The monoisotopic (exact) mass is 187 g/mol. The Labute approximate surface area is 74.2 Å². The summed E-state index contributed by atoms with van der Waals surface area (Å²) in [6, 6.07) is 0. The molecule has 1 aromatic heterocycles. The van der Waals surface area contributed by atoms with E-state index < -0.39 is 12.6 Å². The van der Waals surface area contributed by atoms with Crippen molar-refractivity contribution < 1.29 is 14.3 Å². The van der Waals surface area contributed by atoms with E-state index in [2.05, 4.69) is 10.3 Å². The quantitative estimate of drug-likeness (QED) is 0.751. The number of aryl methyl sites for hydroxylation is 1. The van der Waals surface area contributed by atoms with Crippen LogP contribution in [-0.4, -0.2) is 32.7 Å². The molecule has 0 aliphatic carbocycles. The number of carboxylic acids is 1. The lowest BCUT2D eigenvalue weighted by Gasteiger charge is -1.99. The van der Waals surface area contributed by atoms with Crippen LogP contribution in [0.15, 0.2) is 0 Å². The van der Waals surface area contributed by atoms with Crippen molar-refractivity contribution in [3.8, 4) is 0 Å². The van der Waals surface area contributed by atoms with E-state index in [1.54, 1.807) is 6.92 Å². The van der Waals surface area contributed by atoms with Gasteiger partial charge in [0.2, 0.25) is 0 Å². The first-order valence-electron chi connectivity index (χ1n) is 3.86. The molecule has 0 saturated carbocycles. The molecular weight excluding hydrogens is 177 g/mol. The summed E-state index contributed by atoms with van der Waals surface area (Å²) in [5.41, 5.74) is 0.389. The Kier molecular flexibility index (Phi) is 2.94. The van der Waals surface area contributed by atoms with E-state index in [1.165, 1.54) is 4.68 Å². The predicted octanol–water partition coefficient (Wildman–Crippen LogP) is 0.644. The minimum absolute atomic E-state index is 0.0705. The van der Waals surface area contributed by atoms with Gasteiger partial charge in [-0.05, 0) is 13.3 Å². The van der Waals surface area contributed by atoms with Crippen LogP contribution in [0.4, 0.5) is 4.39 Å². The molecule has 0 aromatic carbocycles. The van der Waals surface area contributed by atoms with Crippen molar-refractivity contribution in [1.82, 2.24) is 15.0 Å². The zero-order valence-electron chi connectivity index (χ0n) is 7.20. The van der Waals surface area contributed by atoms with Gasteiger partial charge in [-0.1, -0.05) is 5.21 Å². The van der Waals surface area contributed by atoms with Gasteiger partial charge in [0.15, 0.2) is 5.69 Å². The highest BCUT2D eigenvalue weighted by Crippen LogP contribution is 2.03. The van der Waals surface area contributed by atoms with Gasteiger partial charge in [-0.2, -0.15) is 0 Å². The summed E-state index contributed by atoms with van der Waals surface area (Å²) in [6.07, 6.45) is 0.323. The SMILES string of the molecule is Cc1c(C(=O)O)nnn1CCCF. The van der Waals surface area contributed by atoms with Gasteiger partial charge in [0.1, 0.15) is 0 Å². The van der Waals surface area contributed by atoms with Crippen LogP contribution in [0.2, 0.25) is 0 Å². The van der Waals surface area contributed by atoms with Crippen molar-refractivity contribution >= 4 is 5.97 Å². The highest BCUT2D eigenvalue weighted by atomic mass is 19.1. The number of rotatable bonds is 4. The number of alkyl halides is 1. The van der Waals surface area contributed by atoms with Crippen molar-refractivity contribution in [3.63, 3.8) is 0 Å². The Hall–Kier alpha value is -1.46. The molecule has 0 spiro atoms. The molecule has 0 fully saturated rings. The summed E-state index contributed by atoms with van der Waals surface area (Å²) in [4.78, 5) is 10.5. The van der Waals surface area contributed by atoms with E-state index in [-0.39, 0.29) is 5.69 Å². The highest BCUT2D eigenvalue weighted by Gasteiger charge is 2.14. The lowest BCUT2D eigenvalue weighted by molar-refractivity contribution is 0.0689. The van der Waals surface area contributed by atoms with Gasteiger partial charge in [0, 0.05) is 6.54 Å². The predicted molar refractivity (Wildman–Crippen MR) is 42.3 cm³/mol. The van der Waals surface area contributed by atoms with Crippen molar-refractivity contribution in [2.24, 2.45) is 0 Å². The molecule has 0 unspecified atom stereocenters. The van der Waals surface area contributed by atoms with Crippen LogP contribution in [0.1, 0.15) is 22.6 Å². The van der Waals surface area contributed by atoms with Crippen LogP contribution >= 0.6 is 0 Å². The fourth-order valence-electron chi connectivity index (χ4n) is 0.980. The normalized spacial score (nSPS) is 10.3. The molecule has 1 aromatic rings. The highest BCUT2D eigenvalue weighted by molar-refractivity contribution is 5.86. The first-order chi connectivity index (χ1) is 6.16. The average molecular weight is 187 g/mol. The van der Waals surface area contributed by atoms with Crippen molar-refractivity contribution in [2.45, 2.75) is 19.9 Å². The zero-order chi connectivity index (χ0) is 9.84. The maximum atomic E-state index is 11.8. The largest absolute Gasteiger partial charge is 0.476 e. The molecule has 1 N–H and O–H groups in total. The minimum Gasteiger partial charge on any atom is -0.476 e. The number of carboxylic acid groups (broad SMARTS) is 1. The topological polar surface area (TPSA) is 68.0 Å². The van der Waals surface area contributed by atoms with E-state index in [0.29, 0.717) is 18.7 Å². The van der Waals surface area contributed by atoms with Gasteiger partial charge in [-0.25, -0.2) is 9.48 Å². The summed E-state index contributed by atoms with van der Waals surface area (Å²) >= 11 is 0. The summed E-state index contributed by atoms with van der Waals surface area (Å²) in [7, 11) is 0. The van der Waals surface area contributed by atoms with Crippen molar-refractivity contribution in [3.05, 3.63) is 11.4 Å². The number of nitrogens with zero attached hydrogens (tertiary/aromatic N) is 3. The number of carbonyl (C=O) groups is 1. The van der Waals surface area contributed by atoms with E-state index in [9.17, 15) is 9.18 Å². The molecule has 72 valence electrons. The first kappa shape index (κ1) is 9.63. The molecule has 0 atom stereocenters. The Bertz CT molecular complexity index is 311. The molecule has 0 amide bonds. The van der Waals surface area contributed by atoms with Gasteiger partial charge in [-0.3, -0.25) is 4.39 Å². The van der Waals surface area contributed by atoms with E-state index in [4.69, 9.17) is 5.11 Å². The van der Waals surface area contributed by atoms with E-state index in [1.807, 2.05) is 0 Å². The van der Waals surface area contributed by atoms with Gasteiger partial charge >= 0.3 is 5.97 Å². The Morgan fingerprint density at radius 3 is 2.85 bits per heavy atom. The summed E-state index contributed by atoms with van der Waals surface area (Å²) < 4.78 is 13.2. The van der Waals surface area contributed by atoms with Crippen LogP contribution in [0.5, 0.6) is 0 Å². The summed E-state index contributed by atoms with van der Waals surface area (Å²) in [5.74, 6) is -1.11. The van der Waals surface area contributed by atoms with Crippen molar-refractivity contribution in [2.75, 3.05) is 6.67 Å². The maximum Gasteiger partial charge on any atom is 0.358 e. The molecule has 1 heterocycles. The van der Waals surface area contributed by atoms with E-state index >= 15 is 0 Å². The molecule has 0 aliphatic rings.